The van der Waals surface area contributed by atoms with E-state index in [9.17, 15) is 9.59 Å². The van der Waals surface area contributed by atoms with Gasteiger partial charge in [-0.15, -0.1) is 5.11 Å². The second-order valence-corrected chi connectivity index (χ2v) is 9.86. The first kappa shape index (κ1) is 31.1. The Kier molecular flexibility index (Phi) is 14.9. The first-order chi connectivity index (χ1) is 18.5. The highest BCUT2D eigenvalue weighted by Crippen LogP contribution is 2.23. The van der Waals surface area contributed by atoms with Crippen LogP contribution >= 0.6 is 0 Å². The molecule has 2 rings (SSSR count). The van der Waals surface area contributed by atoms with Gasteiger partial charge in [0.1, 0.15) is 5.69 Å². The van der Waals surface area contributed by atoms with Crippen LogP contribution in [0.15, 0.2) is 52.7 Å². The zero-order valence-corrected chi connectivity index (χ0v) is 23.7. The molecular weight excluding hydrogens is 478 g/mol. The van der Waals surface area contributed by atoms with E-state index in [1.54, 1.807) is 12.1 Å². The summed E-state index contributed by atoms with van der Waals surface area (Å²) in [5, 5.41) is 8.62. The number of ether oxygens (including phenoxy) is 2. The average Bonchev–Trinajstić information content (AvgIpc) is 2.93. The monoisotopic (exact) mass is 523 g/mol. The second kappa shape index (κ2) is 18.2. The number of pyridine rings is 1. The van der Waals surface area contributed by atoms with Crippen molar-refractivity contribution in [2.75, 3.05) is 13.2 Å². The smallest absolute Gasteiger partial charge is 0.311 e. The largest absolute Gasteiger partial charge is 0.465 e. The van der Waals surface area contributed by atoms with E-state index in [1.165, 1.54) is 0 Å². The van der Waals surface area contributed by atoms with Crippen LogP contribution in [0, 0.1) is 11.8 Å². The summed E-state index contributed by atoms with van der Waals surface area (Å²) >= 11 is 0. The van der Waals surface area contributed by atoms with Gasteiger partial charge in [-0.05, 0) is 48.9 Å². The normalized spacial score (nSPS) is 12.8. The van der Waals surface area contributed by atoms with E-state index in [0.717, 1.165) is 51.4 Å². The quantitative estimate of drug-likeness (QED) is 0.145. The Morgan fingerprint density at radius 3 is 1.89 bits per heavy atom. The van der Waals surface area contributed by atoms with Crippen LogP contribution in [0.25, 0.3) is 0 Å². The number of hydrogen-bond donors (Lipinski definition) is 0. The maximum Gasteiger partial charge on any atom is 0.311 e. The maximum absolute atomic E-state index is 12.7. The van der Waals surface area contributed by atoms with Gasteiger partial charge < -0.3 is 9.47 Å². The van der Waals surface area contributed by atoms with Gasteiger partial charge >= 0.3 is 11.9 Å². The second-order valence-electron chi connectivity index (χ2n) is 9.86. The Morgan fingerprint density at radius 2 is 1.34 bits per heavy atom. The van der Waals surface area contributed by atoms with Crippen molar-refractivity contribution in [3.05, 3.63) is 53.9 Å². The standard InChI is InChI=1S/C31H45N3O4/c1-5-9-14-24(7-3)22-37-30(35)20-27-18-19-28(34-33-26-16-12-11-13-17-26)29(32-27)21-31(36)38-23-25(8-4)15-10-6-2/h11-13,16-19,24-25H,5-10,14-15,20-23H2,1-4H3. The van der Waals surface area contributed by atoms with Crippen LogP contribution < -0.4 is 0 Å². The number of benzene rings is 1. The highest BCUT2D eigenvalue weighted by molar-refractivity contribution is 5.75. The first-order valence-corrected chi connectivity index (χ1v) is 14.3. The minimum Gasteiger partial charge on any atom is -0.465 e. The molecule has 1 aromatic carbocycles. The predicted octanol–water partition coefficient (Wildman–Crippen LogP) is 8.10. The summed E-state index contributed by atoms with van der Waals surface area (Å²) in [6.45, 7) is 9.39. The fourth-order valence-corrected chi connectivity index (χ4v) is 4.07. The van der Waals surface area contributed by atoms with Gasteiger partial charge in [0, 0.05) is 0 Å². The summed E-state index contributed by atoms with van der Waals surface area (Å²) in [7, 11) is 0. The third-order valence-corrected chi connectivity index (χ3v) is 6.72. The number of unbranched alkanes of at least 4 members (excludes halogenated alkanes) is 2. The number of azo groups is 1. The summed E-state index contributed by atoms with van der Waals surface area (Å²) in [6.07, 6.45) is 8.57. The SMILES string of the molecule is CCCCC(CC)COC(=O)Cc1ccc(N=Nc2ccccc2)c(CC(=O)OCC(CC)CCCC)n1. The lowest BCUT2D eigenvalue weighted by Crippen LogP contribution is -2.17. The van der Waals surface area contributed by atoms with E-state index in [2.05, 4.69) is 42.9 Å². The van der Waals surface area contributed by atoms with Gasteiger partial charge in [0.2, 0.25) is 0 Å². The maximum atomic E-state index is 12.7. The molecule has 2 aromatic rings. The van der Waals surface area contributed by atoms with Crippen molar-refractivity contribution in [3.8, 4) is 0 Å². The van der Waals surface area contributed by atoms with E-state index < -0.39 is 0 Å². The Morgan fingerprint density at radius 1 is 0.763 bits per heavy atom. The van der Waals surface area contributed by atoms with E-state index in [0.29, 0.717) is 47.8 Å². The molecule has 0 N–H and O–H groups in total. The molecule has 38 heavy (non-hydrogen) atoms. The molecule has 1 heterocycles. The van der Waals surface area contributed by atoms with Gasteiger partial charge in [0.25, 0.3) is 0 Å². The number of hydrogen-bond acceptors (Lipinski definition) is 7. The Bertz CT molecular complexity index is 994. The zero-order chi connectivity index (χ0) is 27.6. The minimum absolute atomic E-state index is 0.0365. The summed E-state index contributed by atoms with van der Waals surface area (Å²) in [5.74, 6) is 0.0584. The molecule has 2 atom stereocenters. The number of esters is 2. The molecule has 2 unspecified atom stereocenters. The molecule has 7 heteroatoms. The Balaban J connectivity index is 2.10. The lowest BCUT2D eigenvalue weighted by atomic mass is 10.0. The number of aromatic nitrogens is 1. The van der Waals surface area contributed by atoms with Gasteiger partial charge in [0.05, 0.1) is 43.1 Å². The highest BCUT2D eigenvalue weighted by Gasteiger charge is 2.17. The van der Waals surface area contributed by atoms with E-state index in [4.69, 9.17) is 9.47 Å². The van der Waals surface area contributed by atoms with Crippen molar-refractivity contribution < 1.29 is 19.1 Å². The van der Waals surface area contributed by atoms with Crippen LogP contribution in [0.4, 0.5) is 11.4 Å². The number of carbonyl (C=O) groups excluding carboxylic acids is 2. The number of rotatable bonds is 18. The lowest BCUT2D eigenvalue weighted by molar-refractivity contribution is -0.145. The average molecular weight is 524 g/mol. The molecule has 0 aliphatic heterocycles. The van der Waals surface area contributed by atoms with Crippen molar-refractivity contribution in [2.24, 2.45) is 22.1 Å². The van der Waals surface area contributed by atoms with Crippen molar-refractivity contribution in [1.82, 2.24) is 4.98 Å². The fraction of sp³-hybridized carbons (Fsp3) is 0.581. The van der Waals surface area contributed by atoms with Crippen LogP contribution in [0.2, 0.25) is 0 Å². The molecule has 7 nitrogen and oxygen atoms in total. The van der Waals surface area contributed by atoms with Crippen LogP contribution in [0.5, 0.6) is 0 Å². The molecule has 0 radical (unpaired) electrons. The lowest BCUT2D eigenvalue weighted by Gasteiger charge is -2.15. The molecule has 0 bridgehead atoms. The zero-order valence-electron chi connectivity index (χ0n) is 23.7. The molecule has 0 spiro atoms. The highest BCUT2D eigenvalue weighted by atomic mass is 16.5. The first-order valence-electron chi connectivity index (χ1n) is 14.3. The molecule has 0 amide bonds. The van der Waals surface area contributed by atoms with Gasteiger partial charge in [-0.1, -0.05) is 84.4 Å². The van der Waals surface area contributed by atoms with Gasteiger partial charge in [-0.2, -0.15) is 5.11 Å². The summed E-state index contributed by atoms with van der Waals surface area (Å²) < 4.78 is 11.2. The van der Waals surface area contributed by atoms with Crippen molar-refractivity contribution in [2.45, 2.75) is 91.9 Å². The van der Waals surface area contributed by atoms with E-state index in [1.807, 2.05) is 30.3 Å². The summed E-state index contributed by atoms with van der Waals surface area (Å²) in [5.41, 5.74) is 2.15. The number of nitrogens with zero attached hydrogens (tertiary/aromatic N) is 3. The minimum atomic E-state index is -0.356. The van der Waals surface area contributed by atoms with Crippen LogP contribution in [-0.4, -0.2) is 30.1 Å². The molecule has 0 aliphatic rings. The third-order valence-electron chi connectivity index (χ3n) is 6.72. The topological polar surface area (TPSA) is 90.2 Å². The molecule has 1 aromatic heterocycles. The van der Waals surface area contributed by atoms with Crippen molar-refractivity contribution >= 4 is 23.3 Å². The molecular formula is C31H45N3O4. The molecule has 0 saturated carbocycles. The van der Waals surface area contributed by atoms with E-state index >= 15 is 0 Å². The Hall–Kier alpha value is -3.09. The third kappa shape index (κ3) is 12.0. The van der Waals surface area contributed by atoms with Crippen LogP contribution in [0.1, 0.15) is 90.4 Å². The molecule has 208 valence electrons. The van der Waals surface area contributed by atoms with Gasteiger partial charge in [-0.25, -0.2) is 0 Å². The van der Waals surface area contributed by atoms with Crippen molar-refractivity contribution in [3.63, 3.8) is 0 Å². The molecule has 0 aliphatic carbocycles. The van der Waals surface area contributed by atoms with E-state index in [-0.39, 0.29) is 24.8 Å². The van der Waals surface area contributed by atoms with Crippen LogP contribution in [0.3, 0.4) is 0 Å². The summed E-state index contributed by atoms with van der Waals surface area (Å²) in [4.78, 5) is 29.9. The summed E-state index contributed by atoms with van der Waals surface area (Å²) in [6, 6.07) is 12.9. The Labute approximate surface area is 228 Å². The van der Waals surface area contributed by atoms with Gasteiger partial charge in [-0.3, -0.25) is 14.6 Å². The number of carbonyl (C=O) groups is 2. The van der Waals surface area contributed by atoms with Crippen molar-refractivity contribution in [1.29, 1.82) is 0 Å². The van der Waals surface area contributed by atoms with Gasteiger partial charge in [0.15, 0.2) is 0 Å². The van der Waals surface area contributed by atoms with Crippen LogP contribution in [-0.2, 0) is 31.9 Å². The molecule has 0 fully saturated rings. The predicted molar refractivity (Wildman–Crippen MR) is 151 cm³/mol. The fourth-order valence-electron chi connectivity index (χ4n) is 4.07. The molecule has 0 saturated heterocycles.